The molecular weight excluding hydrogens is 242 g/mol. The Morgan fingerprint density at radius 3 is 1.00 bits per heavy atom. The van der Waals surface area contributed by atoms with Crippen molar-refractivity contribution in [3.8, 4) is 0 Å². The lowest BCUT2D eigenvalue weighted by Gasteiger charge is -2.26. The molecule has 3 N–H and O–H groups in total. The lowest BCUT2D eigenvalue weighted by atomic mass is 10.1. The van der Waals surface area contributed by atoms with E-state index in [-0.39, 0.29) is 20.9 Å². The van der Waals surface area contributed by atoms with Crippen molar-refractivity contribution < 1.29 is 0 Å². The van der Waals surface area contributed by atoms with E-state index >= 15 is 0 Å². The van der Waals surface area contributed by atoms with Crippen molar-refractivity contribution in [3.05, 3.63) is 0 Å². The van der Waals surface area contributed by atoms with Crippen LogP contribution in [-0.2, 0) is 0 Å². The second-order valence-electron chi connectivity index (χ2n) is 7.53. The molecule has 0 atom stereocenters. The van der Waals surface area contributed by atoms with Crippen molar-refractivity contribution in [2.45, 2.75) is 78.9 Å². The zero-order valence-electron chi connectivity index (χ0n) is 13.7. The number of nitrogens with one attached hydrogen (secondary N) is 3. The maximum absolute atomic E-state index is 3.51. The fourth-order valence-corrected chi connectivity index (χ4v) is 1.72. The molecular formula is C12H35N3Si2. The first kappa shape index (κ1) is 19.6. The monoisotopic (exact) mass is 277 g/mol. The van der Waals surface area contributed by atoms with E-state index < -0.39 is 0 Å². The van der Waals surface area contributed by atoms with E-state index in [1.165, 1.54) is 0 Å². The fraction of sp³-hybridized carbons (Fsp3) is 1.00. The van der Waals surface area contributed by atoms with Crippen LogP contribution in [-0.4, -0.2) is 36.9 Å². The molecule has 106 valence electrons. The lowest BCUT2D eigenvalue weighted by Crippen LogP contribution is -2.50. The zero-order valence-corrected chi connectivity index (χ0v) is 17.1. The van der Waals surface area contributed by atoms with Crippen molar-refractivity contribution >= 4 is 20.2 Å². The molecule has 5 heteroatoms. The molecule has 0 radical (unpaired) electrons. The summed E-state index contributed by atoms with van der Waals surface area (Å²) in [5, 5.41) is 0. The molecule has 0 aromatic rings. The van der Waals surface area contributed by atoms with Gasteiger partial charge < -0.3 is 14.9 Å². The molecule has 0 fully saturated rings. The highest BCUT2D eigenvalue weighted by Gasteiger charge is 2.12. The van der Waals surface area contributed by atoms with Crippen LogP contribution in [0.3, 0.4) is 0 Å². The van der Waals surface area contributed by atoms with Crippen LogP contribution < -0.4 is 14.9 Å². The van der Waals surface area contributed by atoms with Crippen molar-refractivity contribution in [1.82, 2.24) is 14.9 Å². The highest BCUT2D eigenvalue weighted by atomic mass is 28.2. The molecule has 0 amide bonds. The summed E-state index contributed by atoms with van der Waals surface area (Å²) in [5.41, 5.74) is 0.890. The number of rotatable bonds is 2. The van der Waals surface area contributed by atoms with E-state index in [0.29, 0.717) is 5.54 Å². The molecule has 0 aromatic heterocycles. The molecule has 0 heterocycles. The van der Waals surface area contributed by atoms with Crippen LogP contribution in [0.4, 0.5) is 0 Å². The lowest BCUT2D eigenvalue weighted by molar-refractivity contribution is 0.485. The summed E-state index contributed by atoms with van der Waals surface area (Å²) < 4.78 is 0. The standard InChI is InChI=1S/C8H22N2Si.C4H13NSi/c1-7(2,3)9-11-10-8(4,5)6;1-4(2,3)5-6/h9-10H,11H2,1-6H3;5H,1-3,6H3. The largest absolute Gasteiger partial charge is 0.341 e. The molecule has 0 aromatic carbocycles. The van der Waals surface area contributed by atoms with Crippen molar-refractivity contribution in [1.29, 1.82) is 0 Å². The Morgan fingerprint density at radius 2 is 0.882 bits per heavy atom. The van der Waals surface area contributed by atoms with Gasteiger partial charge in [-0.3, -0.25) is 0 Å². The van der Waals surface area contributed by atoms with Crippen LogP contribution in [0.15, 0.2) is 0 Å². The average molecular weight is 278 g/mol. The minimum Gasteiger partial charge on any atom is -0.341 e. The van der Waals surface area contributed by atoms with E-state index in [9.17, 15) is 0 Å². The van der Waals surface area contributed by atoms with Crippen LogP contribution in [0.25, 0.3) is 0 Å². The Balaban J connectivity index is 0. The first-order valence-electron chi connectivity index (χ1n) is 6.46. The molecule has 0 aliphatic rings. The van der Waals surface area contributed by atoms with Crippen LogP contribution in [0.1, 0.15) is 62.3 Å². The van der Waals surface area contributed by atoms with Gasteiger partial charge in [0.1, 0.15) is 0 Å². The third-order valence-corrected chi connectivity index (χ3v) is 5.96. The molecule has 0 saturated carbocycles. The van der Waals surface area contributed by atoms with Crippen LogP contribution in [0, 0.1) is 0 Å². The van der Waals surface area contributed by atoms with E-state index in [4.69, 9.17) is 0 Å². The van der Waals surface area contributed by atoms with E-state index in [1.54, 1.807) is 0 Å². The number of hydrogen-bond acceptors (Lipinski definition) is 3. The highest BCUT2D eigenvalue weighted by molar-refractivity contribution is 6.29. The number of hydrogen-bond donors (Lipinski definition) is 3. The van der Waals surface area contributed by atoms with Crippen LogP contribution in [0.5, 0.6) is 0 Å². The Morgan fingerprint density at radius 1 is 0.647 bits per heavy atom. The van der Waals surface area contributed by atoms with Gasteiger partial charge in [0, 0.05) is 16.6 Å². The molecule has 0 aliphatic carbocycles. The molecule has 0 rings (SSSR count). The Bertz CT molecular complexity index is 173. The molecule has 3 nitrogen and oxygen atoms in total. The van der Waals surface area contributed by atoms with Gasteiger partial charge in [0.05, 0.1) is 10.4 Å². The molecule has 17 heavy (non-hydrogen) atoms. The summed E-state index contributed by atoms with van der Waals surface area (Å²) in [7, 11) is 0.801. The second kappa shape index (κ2) is 7.68. The summed E-state index contributed by atoms with van der Waals surface area (Å²) in [6, 6.07) is 0. The van der Waals surface area contributed by atoms with Crippen molar-refractivity contribution in [2.24, 2.45) is 0 Å². The molecule has 0 aliphatic heterocycles. The van der Waals surface area contributed by atoms with Crippen LogP contribution in [0.2, 0.25) is 0 Å². The van der Waals surface area contributed by atoms with Crippen molar-refractivity contribution in [3.63, 3.8) is 0 Å². The third kappa shape index (κ3) is 26.1. The third-order valence-electron chi connectivity index (χ3n) is 1.99. The summed E-state index contributed by atoms with van der Waals surface area (Å²) in [5.74, 6) is 0. The van der Waals surface area contributed by atoms with Gasteiger partial charge in [-0.2, -0.15) is 0 Å². The van der Waals surface area contributed by atoms with Crippen LogP contribution >= 0.6 is 0 Å². The average Bonchev–Trinajstić information content (AvgIpc) is 1.98. The Hall–Kier alpha value is 0.314. The van der Waals surface area contributed by atoms with E-state index in [2.05, 4.69) is 77.3 Å². The maximum atomic E-state index is 3.51. The first-order chi connectivity index (χ1) is 7.27. The zero-order chi connectivity index (χ0) is 14.3. The highest BCUT2D eigenvalue weighted by Crippen LogP contribution is 1.98. The molecule has 0 unspecified atom stereocenters. The topological polar surface area (TPSA) is 36.1 Å². The van der Waals surface area contributed by atoms with Gasteiger partial charge in [-0.15, -0.1) is 0 Å². The minimum atomic E-state index is -0.297. The summed E-state index contributed by atoms with van der Waals surface area (Å²) >= 11 is 0. The predicted molar refractivity (Wildman–Crippen MR) is 87.1 cm³/mol. The van der Waals surface area contributed by atoms with E-state index in [1.807, 2.05) is 0 Å². The van der Waals surface area contributed by atoms with Gasteiger partial charge in [-0.1, -0.05) is 0 Å². The van der Waals surface area contributed by atoms with E-state index in [0.717, 1.165) is 10.4 Å². The van der Waals surface area contributed by atoms with Gasteiger partial charge >= 0.3 is 0 Å². The summed E-state index contributed by atoms with van der Waals surface area (Å²) in [6.45, 7) is 19.7. The van der Waals surface area contributed by atoms with Gasteiger partial charge in [0.25, 0.3) is 0 Å². The molecule has 0 bridgehead atoms. The Kier molecular flexibility index (Phi) is 8.88. The molecule has 0 spiro atoms. The SMILES string of the molecule is CC(C)(C)N[SiH2]NC(C)(C)C.CC(C)(C)N[SiH3]. The minimum absolute atomic E-state index is 0.268. The van der Waals surface area contributed by atoms with Gasteiger partial charge in [-0.25, -0.2) is 0 Å². The molecule has 0 saturated heterocycles. The first-order valence-corrected chi connectivity index (χ1v) is 8.87. The smallest absolute Gasteiger partial charge is 0.168 e. The normalized spacial score (nSPS) is 13.2. The van der Waals surface area contributed by atoms with Gasteiger partial charge in [0.15, 0.2) is 9.84 Å². The fourth-order valence-electron chi connectivity index (χ4n) is 0.575. The maximum Gasteiger partial charge on any atom is 0.168 e. The predicted octanol–water partition coefficient (Wildman–Crippen LogP) is 0.416. The van der Waals surface area contributed by atoms with Crippen molar-refractivity contribution in [2.75, 3.05) is 0 Å². The second-order valence-corrected chi connectivity index (χ2v) is 9.09. The Labute approximate surface area is 114 Å². The van der Waals surface area contributed by atoms with Gasteiger partial charge in [0.2, 0.25) is 0 Å². The summed E-state index contributed by atoms with van der Waals surface area (Å²) in [4.78, 5) is 10.3. The summed E-state index contributed by atoms with van der Waals surface area (Å²) in [6.07, 6.45) is 0. The quantitative estimate of drug-likeness (QED) is 0.640. The van der Waals surface area contributed by atoms with Gasteiger partial charge in [-0.05, 0) is 62.3 Å².